The van der Waals surface area contributed by atoms with Crippen LogP contribution in [0.15, 0.2) is 72.8 Å². The van der Waals surface area contributed by atoms with Crippen LogP contribution in [0.3, 0.4) is 0 Å². The molecule has 0 aromatic heterocycles. The van der Waals surface area contributed by atoms with Crippen molar-refractivity contribution in [2.75, 3.05) is 23.9 Å². The number of fused-ring (bicyclic) bond motifs is 1. The molecule has 1 atom stereocenters. The SMILES string of the molecule is Cc1ccccc1C(NC(=O)CCCN(c1ccc2c(c1)OCO2)S(C)(=O)=O)c1ccccc1. The maximum absolute atomic E-state index is 12.9. The van der Waals surface area contributed by atoms with Crippen molar-refractivity contribution in [2.45, 2.75) is 25.8 Å². The van der Waals surface area contributed by atoms with E-state index in [1.54, 1.807) is 18.2 Å². The summed E-state index contributed by atoms with van der Waals surface area (Å²) in [4.78, 5) is 12.9. The molecule has 1 unspecified atom stereocenters. The van der Waals surface area contributed by atoms with Crippen molar-refractivity contribution in [3.8, 4) is 11.5 Å². The molecule has 4 rings (SSSR count). The molecule has 0 aliphatic carbocycles. The number of rotatable bonds is 9. The third kappa shape index (κ3) is 5.51. The van der Waals surface area contributed by atoms with Gasteiger partial charge in [0, 0.05) is 19.0 Å². The highest BCUT2D eigenvalue weighted by atomic mass is 32.2. The fraction of sp³-hybridized carbons (Fsp3) is 0.269. The summed E-state index contributed by atoms with van der Waals surface area (Å²) in [7, 11) is -3.54. The lowest BCUT2D eigenvalue weighted by molar-refractivity contribution is -0.121. The summed E-state index contributed by atoms with van der Waals surface area (Å²) in [6.07, 6.45) is 1.70. The van der Waals surface area contributed by atoms with Gasteiger partial charge in [-0.2, -0.15) is 0 Å². The van der Waals surface area contributed by atoms with Crippen molar-refractivity contribution in [1.29, 1.82) is 0 Å². The quantitative estimate of drug-likeness (QED) is 0.497. The second kappa shape index (κ2) is 10.2. The minimum atomic E-state index is -3.54. The zero-order chi connectivity index (χ0) is 24.1. The Bertz CT molecular complexity index is 1260. The molecule has 8 heteroatoms. The minimum Gasteiger partial charge on any atom is -0.454 e. The molecule has 1 aliphatic rings. The van der Waals surface area contributed by atoms with Gasteiger partial charge >= 0.3 is 0 Å². The van der Waals surface area contributed by atoms with Gasteiger partial charge in [-0.3, -0.25) is 9.10 Å². The van der Waals surface area contributed by atoms with Gasteiger partial charge in [-0.1, -0.05) is 54.6 Å². The van der Waals surface area contributed by atoms with E-state index in [2.05, 4.69) is 5.32 Å². The number of amides is 1. The zero-order valence-electron chi connectivity index (χ0n) is 19.2. The first-order valence-corrected chi connectivity index (χ1v) is 12.9. The Hall–Kier alpha value is -3.52. The number of aryl methyl sites for hydroxylation is 1. The Morgan fingerprint density at radius 2 is 1.71 bits per heavy atom. The van der Waals surface area contributed by atoms with Crippen molar-refractivity contribution in [1.82, 2.24) is 5.32 Å². The lowest BCUT2D eigenvalue weighted by atomic mass is 9.95. The van der Waals surface area contributed by atoms with Gasteiger partial charge in [0.25, 0.3) is 0 Å². The normalized spacial score (nSPS) is 13.4. The van der Waals surface area contributed by atoms with Gasteiger partial charge in [-0.15, -0.1) is 0 Å². The zero-order valence-corrected chi connectivity index (χ0v) is 20.0. The molecule has 0 spiro atoms. The van der Waals surface area contributed by atoms with Gasteiger partial charge in [0.1, 0.15) is 0 Å². The van der Waals surface area contributed by atoms with Crippen LogP contribution in [0.25, 0.3) is 0 Å². The number of nitrogens with zero attached hydrogens (tertiary/aromatic N) is 1. The first-order valence-electron chi connectivity index (χ1n) is 11.1. The Kier molecular flexibility index (Phi) is 7.07. The summed E-state index contributed by atoms with van der Waals surface area (Å²) < 4.78 is 36.9. The van der Waals surface area contributed by atoms with Crippen LogP contribution in [0.2, 0.25) is 0 Å². The third-order valence-corrected chi connectivity index (χ3v) is 6.94. The van der Waals surface area contributed by atoms with Gasteiger partial charge < -0.3 is 14.8 Å². The van der Waals surface area contributed by atoms with Gasteiger partial charge in [0.15, 0.2) is 11.5 Å². The van der Waals surface area contributed by atoms with Crippen LogP contribution in [0.1, 0.15) is 35.6 Å². The summed E-state index contributed by atoms with van der Waals surface area (Å²) in [5.74, 6) is 0.948. The van der Waals surface area contributed by atoms with Crippen LogP contribution in [-0.4, -0.2) is 33.9 Å². The summed E-state index contributed by atoms with van der Waals surface area (Å²) >= 11 is 0. The van der Waals surface area contributed by atoms with E-state index in [-0.39, 0.29) is 31.7 Å². The number of hydrogen-bond acceptors (Lipinski definition) is 5. The molecule has 0 saturated carbocycles. The van der Waals surface area contributed by atoms with Gasteiger partial charge in [0.2, 0.25) is 22.7 Å². The molecule has 3 aromatic carbocycles. The minimum absolute atomic E-state index is 0.112. The van der Waals surface area contributed by atoms with E-state index in [9.17, 15) is 13.2 Å². The lowest BCUT2D eigenvalue weighted by Crippen LogP contribution is -2.33. The Balaban J connectivity index is 1.44. The standard InChI is InChI=1S/C26H28N2O5S/c1-19-9-6-7-12-22(19)26(20-10-4-3-5-11-20)27-25(29)13-8-16-28(34(2,30)31)21-14-15-23-24(17-21)33-18-32-23/h3-7,9-12,14-15,17,26H,8,13,16,18H2,1-2H3,(H,27,29). The van der Waals surface area contributed by atoms with Gasteiger partial charge in [-0.05, 0) is 42.2 Å². The van der Waals surface area contributed by atoms with Crippen LogP contribution < -0.4 is 19.1 Å². The second-order valence-electron chi connectivity index (χ2n) is 8.24. The maximum atomic E-state index is 12.9. The largest absolute Gasteiger partial charge is 0.454 e. The maximum Gasteiger partial charge on any atom is 0.232 e. The third-order valence-electron chi connectivity index (χ3n) is 5.75. The van der Waals surface area contributed by atoms with E-state index in [0.717, 1.165) is 22.9 Å². The summed E-state index contributed by atoms with van der Waals surface area (Å²) in [5, 5.41) is 3.13. The first kappa shape index (κ1) is 23.6. The van der Waals surface area contributed by atoms with Gasteiger partial charge in [0.05, 0.1) is 18.0 Å². The molecule has 3 aromatic rings. The number of ether oxygens (including phenoxy) is 2. The lowest BCUT2D eigenvalue weighted by Gasteiger charge is -2.24. The Labute approximate surface area is 200 Å². The molecule has 1 heterocycles. The molecule has 1 amide bonds. The highest BCUT2D eigenvalue weighted by molar-refractivity contribution is 7.92. The van der Waals surface area contributed by atoms with Crippen molar-refractivity contribution in [2.24, 2.45) is 0 Å². The average Bonchev–Trinajstić information content (AvgIpc) is 3.28. The van der Waals surface area contributed by atoms with E-state index < -0.39 is 10.0 Å². The highest BCUT2D eigenvalue weighted by Crippen LogP contribution is 2.36. The van der Waals surface area contributed by atoms with Crippen LogP contribution in [0.4, 0.5) is 5.69 Å². The van der Waals surface area contributed by atoms with E-state index in [1.165, 1.54) is 4.31 Å². The second-order valence-corrected chi connectivity index (χ2v) is 10.2. The number of benzene rings is 3. The van der Waals surface area contributed by atoms with Crippen LogP contribution in [-0.2, 0) is 14.8 Å². The molecular formula is C26H28N2O5S. The number of nitrogens with one attached hydrogen (secondary N) is 1. The molecular weight excluding hydrogens is 452 g/mol. The molecule has 1 N–H and O–H groups in total. The molecule has 34 heavy (non-hydrogen) atoms. The molecule has 0 radical (unpaired) electrons. The van der Waals surface area contributed by atoms with E-state index in [1.807, 2.05) is 61.5 Å². The van der Waals surface area contributed by atoms with Gasteiger partial charge in [-0.25, -0.2) is 8.42 Å². The average molecular weight is 481 g/mol. The fourth-order valence-electron chi connectivity index (χ4n) is 4.04. The number of carbonyl (C=O) groups excluding carboxylic acids is 1. The summed E-state index contributed by atoms with van der Waals surface area (Å²) in [6, 6.07) is 22.5. The van der Waals surface area contributed by atoms with E-state index in [0.29, 0.717) is 23.6 Å². The predicted octanol–water partition coefficient (Wildman–Crippen LogP) is 4.18. The van der Waals surface area contributed by atoms with Crippen LogP contribution in [0.5, 0.6) is 11.5 Å². The number of carbonyl (C=O) groups is 1. The molecule has 0 saturated heterocycles. The molecule has 0 bridgehead atoms. The number of anilines is 1. The fourth-order valence-corrected chi connectivity index (χ4v) is 5.00. The number of sulfonamides is 1. The highest BCUT2D eigenvalue weighted by Gasteiger charge is 2.22. The first-order chi connectivity index (χ1) is 16.3. The monoisotopic (exact) mass is 480 g/mol. The van der Waals surface area contributed by atoms with Crippen molar-refractivity contribution in [3.63, 3.8) is 0 Å². The van der Waals surface area contributed by atoms with Crippen LogP contribution in [0, 0.1) is 6.92 Å². The van der Waals surface area contributed by atoms with Crippen molar-refractivity contribution in [3.05, 3.63) is 89.5 Å². The predicted molar refractivity (Wildman–Crippen MR) is 132 cm³/mol. The molecule has 0 fully saturated rings. The smallest absolute Gasteiger partial charge is 0.232 e. The Morgan fingerprint density at radius 3 is 2.44 bits per heavy atom. The van der Waals surface area contributed by atoms with E-state index in [4.69, 9.17) is 9.47 Å². The van der Waals surface area contributed by atoms with Crippen molar-refractivity contribution < 1.29 is 22.7 Å². The van der Waals surface area contributed by atoms with Crippen LogP contribution >= 0.6 is 0 Å². The molecule has 1 aliphatic heterocycles. The number of hydrogen-bond donors (Lipinski definition) is 1. The summed E-state index contributed by atoms with van der Waals surface area (Å²) in [6.45, 7) is 2.31. The Morgan fingerprint density at radius 1 is 1.00 bits per heavy atom. The topological polar surface area (TPSA) is 84.9 Å². The molecule has 178 valence electrons. The molecule has 7 nitrogen and oxygen atoms in total. The van der Waals surface area contributed by atoms with Crippen molar-refractivity contribution >= 4 is 21.6 Å². The summed E-state index contributed by atoms with van der Waals surface area (Å²) in [5.41, 5.74) is 3.58. The van der Waals surface area contributed by atoms with E-state index >= 15 is 0 Å².